The number of hydrogen-bond donors (Lipinski definition) is 1. The van der Waals surface area contributed by atoms with Gasteiger partial charge in [-0.3, -0.25) is 9.59 Å². The highest BCUT2D eigenvalue weighted by atomic mass is 16.2. The van der Waals surface area contributed by atoms with E-state index in [0.717, 1.165) is 50.3 Å². The van der Waals surface area contributed by atoms with E-state index >= 15 is 0 Å². The van der Waals surface area contributed by atoms with Crippen LogP contribution in [0, 0.1) is 5.92 Å². The van der Waals surface area contributed by atoms with Crippen LogP contribution in [-0.4, -0.2) is 44.1 Å². The lowest BCUT2D eigenvalue weighted by Crippen LogP contribution is -2.34. The SMILES string of the molecule is O=C(NCc1nnc2n1CCCCC2)[C@H]1CC(=O)N(C2CC2)C1. The molecule has 3 heterocycles. The average Bonchev–Trinajstić information content (AvgIpc) is 3.27. The Morgan fingerprint density at radius 2 is 2.09 bits per heavy atom. The second-order valence-corrected chi connectivity index (χ2v) is 6.89. The molecule has 0 aromatic carbocycles. The maximum absolute atomic E-state index is 12.4. The van der Waals surface area contributed by atoms with Gasteiger partial charge in [-0.1, -0.05) is 6.42 Å². The van der Waals surface area contributed by atoms with Crippen molar-refractivity contribution in [1.29, 1.82) is 0 Å². The number of hydrogen-bond acceptors (Lipinski definition) is 4. The largest absolute Gasteiger partial charge is 0.348 e. The average molecular weight is 317 g/mol. The van der Waals surface area contributed by atoms with Crippen molar-refractivity contribution in [3.05, 3.63) is 11.6 Å². The van der Waals surface area contributed by atoms with Crippen molar-refractivity contribution < 1.29 is 9.59 Å². The lowest BCUT2D eigenvalue weighted by molar-refractivity contribution is -0.129. The van der Waals surface area contributed by atoms with Crippen molar-refractivity contribution in [3.8, 4) is 0 Å². The van der Waals surface area contributed by atoms with Gasteiger partial charge in [0.2, 0.25) is 11.8 Å². The highest BCUT2D eigenvalue weighted by Crippen LogP contribution is 2.32. The molecular formula is C16H23N5O2. The maximum atomic E-state index is 12.4. The zero-order valence-electron chi connectivity index (χ0n) is 13.3. The molecule has 1 saturated heterocycles. The molecule has 0 bridgehead atoms. The minimum Gasteiger partial charge on any atom is -0.348 e. The van der Waals surface area contributed by atoms with Crippen molar-refractivity contribution in [2.24, 2.45) is 5.92 Å². The van der Waals surface area contributed by atoms with E-state index in [1.54, 1.807) is 0 Å². The number of aryl methyl sites for hydroxylation is 1. The number of fused-ring (bicyclic) bond motifs is 1. The molecule has 1 saturated carbocycles. The molecule has 7 heteroatoms. The van der Waals surface area contributed by atoms with Gasteiger partial charge in [0.15, 0.2) is 5.82 Å². The first-order valence-corrected chi connectivity index (χ1v) is 8.70. The number of nitrogens with zero attached hydrogens (tertiary/aromatic N) is 4. The summed E-state index contributed by atoms with van der Waals surface area (Å²) in [6.45, 7) is 1.91. The van der Waals surface area contributed by atoms with Crippen molar-refractivity contribution in [2.45, 2.75) is 64.1 Å². The molecule has 0 spiro atoms. The van der Waals surface area contributed by atoms with Gasteiger partial charge in [0.05, 0.1) is 12.5 Å². The van der Waals surface area contributed by atoms with Crippen molar-refractivity contribution in [1.82, 2.24) is 25.0 Å². The maximum Gasteiger partial charge on any atom is 0.225 e. The van der Waals surface area contributed by atoms with Gasteiger partial charge >= 0.3 is 0 Å². The summed E-state index contributed by atoms with van der Waals surface area (Å²) in [6, 6.07) is 0.396. The van der Waals surface area contributed by atoms with Crippen LogP contribution in [0.5, 0.6) is 0 Å². The monoisotopic (exact) mass is 317 g/mol. The Bertz CT molecular complexity index is 622. The summed E-state index contributed by atoms with van der Waals surface area (Å²) in [5, 5.41) is 11.4. The Hall–Kier alpha value is -1.92. The number of carbonyl (C=O) groups excluding carboxylic acids is 2. The van der Waals surface area contributed by atoms with E-state index in [1.165, 1.54) is 6.42 Å². The molecule has 23 heavy (non-hydrogen) atoms. The summed E-state index contributed by atoms with van der Waals surface area (Å²) in [5.41, 5.74) is 0. The third-order valence-electron chi connectivity index (χ3n) is 5.12. The molecule has 1 aliphatic carbocycles. The molecule has 2 amide bonds. The summed E-state index contributed by atoms with van der Waals surface area (Å²) >= 11 is 0. The van der Waals surface area contributed by atoms with Gasteiger partial charge < -0.3 is 14.8 Å². The molecule has 1 N–H and O–H groups in total. The molecule has 0 unspecified atom stereocenters. The smallest absolute Gasteiger partial charge is 0.225 e. The molecule has 1 aromatic heterocycles. The van der Waals surface area contributed by atoms with E-state index in [0.29, 0.717) is 25.6 Å². The fourth-order valence-electron chi connectivity index (χ4n) is 3.63. The van der Waals surface area contributed by atoms with Crippen molar-refractivity contribution >= 4 is 11.8 Å². The normalized spacial score (nSPS) is 24.4. The van der Waals surface area contributed by atoms with E-state index in [-0.39, 0.29) is 17.7 Å². The van der Waals surface area contributed by atoms with Crippen LogP contribution in [0.25, 0.3) is 0 Å². The molecule has 0 radical (unpaired) electrons. The number of likely N-dealkylation sites (tertiary alicyclic amines) is 1. The second kappa shape index (κ2) is 5.94. The zero-order chi connectivity index (χ0) is 15.8. The van der Waals surface area contributed by atoms with Crippen LogP contribution >= 0.6 is 0 Å². The highest BCUT2D eigenvalue weighted by Gasteiger charge is 2.41. The van der Waals surface area contributed by atoms with Gasteiger partial charge in [-0.2, -0.15) is 0 Å². The van der Waals surface area contributed by atoms with Crippen LogP contribution in [0.4, 0.5) is 0 Å². The van der Waals surface area contributed by atoms with Crippen LogP contribution in [0.3, 0.4) is 0 Å². The van der Waals surface area contributed by atoms with E-state index in [1.807, 2.05) is 4.90 Å². The molecule has 1 atom stereocenters. The number of nitrogens with one attached hydrogen (secondary N) is 1. The number of aromatic nitrogens is 3. The zero-order valence-corrected chi connectivity index (χ0v) is 13.3. The molecule has 3 aliphatic rings. The standard InChI is InChI=1S/C16H23N5O2/c22-15-8-11(10-21(15)12-5-6-12)16(23)17-9-14-19-18-13-4-2-1-3-7-20(13)14/h11-12H,1-10H2,(H,17,23)/t11-/m0/s1. The first kappa shape index (κ1) is 14.7. The lowest BCUT2D eigenvalue weighted by atomic mass is 10.1. The first-order valence-electron chi connectivity index (χ1n) is 8.70. The van der Waals surface area contributed by atoms with Gasteiger partial charge in [-0.05, 0) is 25.7 Å². The van der Waals surface area contributed by atoms with Gasteiger partial charge in [0, 0.05) is 32.0 Å². The third kappa shape index (κ3) is 2.96. The first-order chi connectivity index (χ1) is 11.2. The molecule has 124 valence electrons. The number of rotatable bonds is 4. The summed E-state index contributed by atoms with van der Waals surface area (Å²) in [6.07, 6.45) is 7.01. The Morgan fingerprint density at radius 1 is 1.22 bits per heavy atom. The Morgan fingerprint density at radius 3 is 2.91 bits per heavy atom. The fourth-order valence-corrected chi connectivity index (χ4v) is 3.63. The Balaban J connectivity index is 1.35. The molecule has 4 rings (SSSR count). The number of carbonyl (C=O) groups is 2. The minimum atomic E-state index is -0.213. The van der Waals surface area contributed by atoms with E-state index in [9.17, 15) is 9.59 Å². The van der Waals surface area contributed by atoms with Crippen LogP contribution in [0.2, 0.25) is 0 Å². The van der Waals surface area contributed by atoms with Crippen LogP contribution in [0.1, 0.15) is 50.2 Å². The van der Waals surface area contributed by atoms with Gasteiger partial charge in [0.1, 0.15) is 5.82 Å². The molecule has 1 aromatic rings. The molecular weight excluding hydrogens is 294 g/mol. The van der Waals surface area contributed by atoms with E-state index in [2.05, 4.69) is 20.1 Å². The Kier molecular flexibility index (Phi) is 3.79. The van der Waals surface area contributed by atoms with Crippen molar-refractivity contribution in [2.75, 3.05) is 6.54 Å². The van der Waals surface area contributed by atoms with Gasteiger partial charge in [0.25, 0.3) is 0 Å². The fraction of sp³-hybridized carbons (Fsp3) is 0.750. The second-order valence-electron chi connectivity index (χ2n) is 6.89. The summed E-state index contributed by atoms with van der Waals surface area (Å²) in [4.78, 5) is 26.2. The highest BCUT2D eigenvalue weighted by molar-refractivity contribution is 5.89. The topological polar surface area (TPSA) is 80.1 Å². The Labute approximate surface area is 135 Å². The molecule has 2 aliphatic heterocycles. The minimum absolute atomic E-state index is 0.0347. The van der Waals surface area contributed by atoms with Gasteiger partial charge in [-0.25, -0.2) is 0 Å². The third-order valence-corrected chi connectivity index (χ3v) is 5.12. The van der Waals surface area contributed by atoms with E-state index in [4.69, 9.17) is 0 Å². The summed E-state index contributed by atoms with van der Waals surface area (Å²) in [7, 11) is 0. The quantitative estimate of drug-likeness (QED) is 0.883. The van der Waals surface area contributed by atoms with Gasteiger partial charge in [-0.15, -0.1) is 10.2 Å². The lowest BCUT2D eigenvalue weighted by Gasteiger charge is -2.15. The van der Waals surface area contributed by atoms with E-state index < -0.39 is 0 Å². The summed E-state index contributed by atoms with van der Waals surface area (Å²) < 4.78 is 2.14. The predicted molar refractivity (Wildman–Crippen MR) is 82.3 cm³/mol. The van der Waals surface area contributed by atoms with Crippen LogP contribution < -0.4 is 5.32 Å². The number of amides is 2. The summed E-state index contributed by atoms with van der Waals surface area (Å²) in [5.74, 6) is 1.74. The van der Waals surface area contributed by atoms with Crippen LogP contribution in [-0.2, 0) is 29.1 Å². The molecule has 2 fully saturated rings. The molecule has 7 nitrogen and oxygen atoms in total. The van der Waals surface area contributed by atoms with Crippen molar-refractivity contribution in [3.63, 3.8) is 0 Å². The predicted octanol–water partition coefficient (Wildman–Crippen LogP) is 0.632. The van der Waals surface area contributed by atoms with Crippen LogP contribution in [0.15, 0.2) is 0 Å².